The second kappa shape index (κ2) is 3.24. The van der Waals surface area contributed by atoms with Crippen molar-refractivity contribution in [3.8, 4) is 0 Å². The molecule has 0 unspecified atom stereocenters. The van der Waals surface area contributed by atoms with Crippen molar-refractivity contribution in [2.24, 2.45) is 0 Å². The molecule has 82 valence electrons. The predicted octanol–water partition coefficient (Wildman–Crippen LogP) is -1.57. The van der Waals surface area contributed by atoms with Gasteiger partial charge in [0.2, 0.25) is 0 Å². The van der Waals surface area contributed by atoms with E-state index in [4.69, 9.17) is 14.6 Å². The monoisotopic (exact) mass is 213 g/mol. The van der Waals surface area contributed by atoms with Gasteiger partial charge in [0.05, 0.1) is 25.1 Å². The van der Waals surface area contributed by atoms with Crippen molar-refractivity contribution in [1.29, 1.82) is 0 Å². The van der Waals surface area contributed by atoms with Gasteiger partial charge in [-0.3, -0.25) is 0 Å². The smallest absolute Gasteiger partial charge is 0.181 e. The van der Waals surface area contributed by atoms with Gasteiger partial charge in [0.25, 0.3) is 0 Å². The maximum absolute atomic E-state index is 9.78. The molecular weight excluding hydrogens is 202 g/mol. The summed E-state index contributed by atoms with van der Waals surface area (Å²) in [4.78, 5) is 0. The standard InChI is InChI=1S/C8H11N3O4/c12-2-5-6(13)7-8(15-5)11-4(3-14-7)1-9-10-11/h1,5-8,12-13H,2-3H2/t5-,6+,7+,8+/m1/s1. The van der Waals surface area contributed by atoms with Crippen LogP contribution in [0.1, 0.15) is 11.9 Å². The van der Waals surface area contributed by atoms with Crippen molar-refractivity contribution in [2.75, 3.05) is 6.61 Å². The van der Waals surface area contributed by atoms with E-state index < -0.39 is 24.5 Å². The Morgan fingerprint density at radius 3 is 3.27 bits per heavy atom. The molecule has 3 heterocycles. The van der Waals surface area contributed by atoms with Crippen LogP contribution < -0.4 is 0 Å². The minimum atomic E-state index is -0.822. The average Bonchev–Trinajstić information content (AvgIpc) is 2.82. The Labute approximate surface area is 85.2 Å². The van der Waals surface area contributed by atoms with Crippen LogP contribution in [0.3, 0.4) is 0 Å². The molecule has 0 spiro atoms. The van der Waals surface area contributed by atoms with E-state index in [1.165, 1.54) is 0 Å². The Kier molecular flexibility index (Phi) is 1.99. The first kappa shape index (κ1) is 9.22. The zero-order chi connectivity index (χ0) is 10.4. The summed E-state index contributed by atoms with van der Waals surface area (Å²) in [6.07, 6.45) is -0.801. The lowest BCUT2D eigenvalue weighted by Crippen LogP contribution is -2.38. The minimum Gasteiger partial charge on any atom is -0.394 e. The third-order valence-electron chi connectivity index (χ3n) is 2.81. The van der Waals surface area contributed by atoms with E-state index in [1.54, 1.807) is 10.9 Å². The number of aromatic nitrogens is 3. The Morgan fingerprint density at radius 2 is 2.47 bits per heavy atom. The van der Waals surface area contributed by atoms with Gasteiger partial charge in [-0.1, -0.05) is 5.21 Å². The molecule has 7 nitrogen and oxygen atoms in total. The zero-order valence-electron chi connectivity index (χ0n) is 7.85. The van der Waals surface area contributed by atoms with E-state index in [0.717, 1.165) is 5.69 Å². The highest BCUT2D eigenvalue weighted by atomic mass is 16.6. The molecule has 2 aliphatic heterocycles. The lowest BCUT2D eigenvalue weighted by atomic mass is 10.1. The minimum absolute atomic E-state index is 0.235. The van der Waals surface area contributed by atoms with Crippen LogP contribution in [0.15, 0.2) is 6.20 Å². The highest BCUT2D eigenvalue weighted by Crippen LogP contribution is 2.35. The first-order chi connectivity index (χ1) is 7.31. The summed E-state index contributed by atoms with van der Waals surface area (Å²) in [5.74, 6) is 0. The lowest BCUT2D eigenvalue weighted by molar-refractivity contribution is -0.109. The molecule has 0 bridgehead atoms. The van der Waals surface area contributed by atoms with E-state index in [9.17, 15) is 5.11 Å². The van der Waals surface area contributed by atoms with Gasteiger partial charge in [0.1, 0.15) is 18.3 Å². The van der Waals surface area contributed by atoms with Crippen LogP contribution in [0.2, 0.25) is 0 Å². The van der Waals surface area contributed by atoms with Crippen molar-refractivity contribution in [2.45, 2.75) is 31.1 Å². The molecule has 0 amide bonds. The van der Waals surface area contributed by atoms with E-state index in [0.29, 0.717) is 6.61 Å². The quantitative estimate of drug-likeness (QED) is 0.585. The van der Waals surface area contributed by atoms with Gasteiger partial charge in [-0.15, -0.1) is 5.10 Å². The Hall–Kier alpha value is -1.02. The molecule has 2 N–H and O–H groups in total. The maximum Gasteiger partial charge on any atom is 0.181 e. The normalized spacial score (nSPS) is 38.8. The molecule has 1 fully saturated rings. The fraction of sp³-hybridized carbons (Fsp3) is 0.750. The van der Waals surface area contributed by atoms with Crippen LogP contribution in [0.25, 0.3) is 0 Å². The molecule has 3 rings (SSSR count). The number of hydrogen-bond donors (Lipinski definition) is 2. The highest BCUT2D eigenvalue weighted by molar-refractivity contribution is 5.01. The molecule has 4 atom stereocenters. The van der Waals surface area contributed by atoms with Crippen molar-refractivity contribution in [3.63, 3.8) is 0 Å². The molecule has 0 aromatic carbocycles. The molecule has 1 saturated heterocycles. The molecule has 0 radical (unpaired) electrons. The Bertz CT molecular complexity index is 369. The number of aliphatic hydroxyl groups is 2. The van der Waals surface area contributed by atoms with Crippen LogP contribution in [-0.2, 0) is 16.1 Å². The summed E-state index contributed by atoms with van der Waals surface area (Å²) in [7, 11) is 0. The molecule has 1 aromatic heterocycles. The first-order valence-corrected chi connectivity index (χ1v) is 4.76. The van der Waals surface area contributed by atoms with Crippen molar-refractivity contribution in [1.82, 2.24) is 15.0 Å². The third kappa shape index (κ3) is 1.21. The second-order valence-corrected chi connectivity index (χ2v) is 3.68. The zero-order valence-corrected chi connectivity index (χ0v) is 7.85. The van der Waals surface area contributed by atoms with Crippen LogP contribution in [-0.4, -0.2) is 50.1 Å². The van der Waals surface area contributed by atoms with Crippen LogP contribution in [0, 0.1) is 0 Å². The fourth-order valence-electron chi connectivity index (χ4n) is 2.01. The first-order valence-electron chi connectivity index (χ1n) is 4.76. The summed E-state index contributed by atoms with van der Waals surface area (Å²) >= 11 is 0. The summed E-state index contributed by atoms with van der Waals surface area (Å²) in [6, 6.07) is 0. The SMILES string of the molecule is OC[C@H]1O[C@H]2[C@@H](OCc3cnnn32)[C@H]1O. The van der Waals surface area contributed by atoms with Crippen molar-refractivity contribution in [3.05, 3.63) is 11.9 Å². The second-order valence-electron chi connectivity index (χ2n) is 3.68. The molecular formula is C8H11N3O4. The van der Waals surface area contributed by atoms with Crippen molar-refractivity contribution >= 4 is 0 Å². The topological polar surface area (TPSA) is 89.6 Å². The van der Waals surface area contributed by atoms with Gasteiger partial charge >= 0.3 is 0 Å². The van der Waals surface area contributed by atoms with Gasteiger partial charge in [0.15, 0.2) is 6.23 Å². The summed E-state index contributed by atoms with van der Waals surface area (Å²) in [6.45, 7) is 0.119. The fourth-order valence-corrected chi connectivity index (χ4v) is 2.01. The molecule has 2 aliphatic rings. The average molecular weight is 213 g/mol. The molecule has 1 aromatic rings. The van der Waals surface area contributed by atoms with Gasteiger partial charge in [-0.05, 0) is 0 Å². The van der Waals surface area contributed by atoms with E-state index >= 15 is 0 Å². The van der Waals surface area contributed by atoms with E-state index in [2.05, 4.69) is 10.3 Å². The van der Waals surface area contributed by atoms with Crippen LogP contribution >= 0.6 is 0 Å². The molecule has 0 saturated carbocycles. The number of ether oxygens (including phenoxy) is 2. The third-order valence-corrected chi connectivity index (χ3v) is 2.81. The number of hydrogen-bond acceptors (Lipinski definition) is 6. The molecule has 0 aliphatic carbocycles. The number of rotatable bonds is 1. The van der Waals surface area contributed by atoms with Gasteiger partial charge < -0.3 is 19.7 Å². The lowest BCUT2D eigenvalue weighted by Gasteiger charge is -2.26. The molecule has 7 heteroatoms. The summed E-state index contributed by atoms with van der Waals surface area (Å²) in [5.41, 5.74) is 0.807. The maximum atomic E-state index is 9.78. The van der Waals surface area contributed by atoms with Crippen LogP contribution in [0.5, 0.6) is 0 Å². The molecule has 15 heavy (non-hydrogen) atoms. The van der Waals surface area contributed by atoms with Crippen molar-refractivity contribution < 1.29 is 19.7 Å². The van der Waals surface area contributed by atoms with Gasteiger partial charge in [-0.25, -0.2) is 4.68 Å². The van der Waals surface area contributed by atoms with Gasteiger partial charge in [0, 0.05) is 0 Å². The number of fused-ring (bicyclic) bond motifs is 3. The van der Waals surface area contributed by atoms with Crippen LogP contribution in [0.4, 0.5) is 0 Å². The van der Waals surface area contributed by atoms with Gasteiger partial charge in [-0.2, -0.15) is 0 Å². The number of nitrogens with zero attached hydrogens (tertiary/aromatic N) is 3. The predicted molar refractivity (Wildman–Crippen MR) is 45.6 cm³/mol. The summed E-state index contributed by atoms with van der Waals surface area (Å²) < 4.78 is 12.5. The summed E-state index contributed by atoms with van der Waals surface area (Å²) in [5, 5.41) is 26.4. The largest absolute Gasteiger partial charge is 0.394 e. The van der Waals surface area contributed by atoms with E-state index in [-0.39, 0.29) is 6.61 Å². The number of aliphatic hydroxyl groups excluding tert-OH is 2. The Balaban J connectivity index is 1.94. The highest BCUT2D eigenvalue weighted by Gasteiger charge is 2.48. The van der Waals surface area contributed by atoms with E-state index in [1.807, 2.05) is 0 Å². The Morgan fingerprint density at radius 1 is 1.60 bits per heavy atom.